The highest BCUT2D eigenvalue weighted by atomic mass is 16.3. The number of rotatable bonds is 2. The minimum absolute atomic E-state index is 0.727. The minimum atomic E-state index is -1.04. The van der Waals surface area contributed by atoms with Gasteiger partial charge in [0.15, 0.2) is 0 Å². The fourth-order valence-corrected chi connectivity index (χ4v) is 1.38. The summed E-state index contributed by atoms with van der Waals surface area (Å²) < 4.78 is 6.60. The van der Waals surface area contributed by atoms with E-state index < -0.39 is 5.60 Å². The molecule has 0 spiro atoms. The Labute approximate surface area is 81.8 Å². The number of hydrogen-bond donors (Lipinski definition) is 1. The molecule has 0 amide bonds. The number of nitrogens with zero attached hydrogens (tertiary/aromatic N) is 2. The smallest absolute Gasteiger partial charge is 0.118 e. The lowest BCUT2D eigenvalue weighted by Gasteiger charge is -2.19. The monoisotopic (exact) mass is 192 g/mol. The molecule has 0 fully saturated rings. The van der Waals surface area contributed by atoms with Crippen LogP contribution in [0.3, 0.4) is 0 Å². The highest BCUT2D eigenvalue weighted by molar-refractivity contribution is 5.29. The largest absolute Gasteiger partial charge is 0.472 e. The van der Waals surface area contributed by atoms with E-state index in [-0.39, 0.29) is 0 Å². The number of aromatic nitrogens is 2. The van der Waals surface area contributed by atoms with E-state index in [0.717, 1.165) is 11.1 Å². The van der Waals surface area contributed by atoms with E-state index in [0.29, 0.717) is 0 Å². The molecule has 0 radical (unpaired) electrons. The van der Waals surface area contributed by atoms with Crippen LogP contribution in [0, 0.1) is 0 Å². The Morgan fingerprint density at radius 3 is 2.79 bits per heavy atom. The Balaban J connectivity index is 2.42. The van der Waals surface area contributed by atoms with Gasteiger partial charge in [0.25, 0.3) is 0 Å². The van der Waals surface area contributed by atoms with E-state index in [2.05, 4.69) is 5.10 Å². The number of hydrogen-bond acceptors (Lipinski definition) is 3. The van der Waals surface area contributed by atoms with Gasteiger partial charge in [-0.05, 0) is 13.0 Å². The van der Waals surface area contributed by atoms with Gasteiger partial charge < -0.3 is 9.52 Å². The molecule has 74 valence electrons. The fraction of sp³-hybridized carbons (Fsp3) is 0.300. The fourth-order valence-electron chi connectivity index (χ4n) is 1.38. The summed E-state index contributed by atoms with van der Waals surface area (Å²) in [5.74, 6) is 0. The third kappa shape index (κ3) is 1.33. The van der Waals surface area contributed by atoms with Crippen molar-refractivity contribution in [2.24, 2.45) is 7.05 Å². The molecule has 0 aliphatic rings. The second kappa shape index (κ2) is 2.99. The second-order valence-corrected chi connectivity index (χ2v) is 3.49. The van der Waals surface area contributed by atoms with Crippen LogP contribution in [0.2, 0.25) is 0 Å². The van der Waals surface area contributed by atoms with Gasteiger partial charge in [-0.25, -0.2) is 0 Å². The maximum Gasteiger partial charge on any atom is 0.118 e. The predicted molar refractivity (Wildman–Crippen MR) is 50.6 cm³/mol. The zero-order chi connectivity index (χ0) is 10.2. The van der Waals surface area contributed by atoms with Crippen LogP contribution in [0.5, 0.6) is 0 Å². The molecular formula is C10H12N2O2. The quantitative estimate of drug-likeness (QED) is 0.779. The van der Waals surface area contributed by atoms with Crippen molar-refractivity contribution in [1.29, 1.82) is 0 Å². The van der Waals surface area contributed by atoms with Gasteiger partial charge in [-0.2, -0.15) is 5.10 Å². The molecule has 2 aromatic rings. The lowest BCUT2D eigenvalue weighted by atomic mass is 9.93. The first-order valence-corrected chi connectivity index (χ1v) is 4.35. The van der Waals surface area contributed by atoms with Crippen LogP contribution in [0.15, 0.2) is 35.4 Å². The molecule has 0 aliphatic heterocycles. The molecule has 2 rings (SSSR count). The average molecular weight is 192 g/mol. The summed E-state index contributed by atoms with van der Waals surface area (Å²) >= 11 is 0. The highest BCUT2D eigenvalue weighted by Crippen LogP contribution is 2.28. The Bertz CT molecular complexity index is 415. The molecule has 0 aliphatic carbocycles. The van der Waals surface area contributed by atoms with Gasteiger partial charge in [0.05, 0.1) is 18.7 Å². The maximum atomic E-state index is 10.2. The molecule has 4 nitrogen and oxygen atoms in total. The Morgan fingerprint density at radius 2 is 2.29 bits per heavy atom. The van der Waals surface area contributed by atoms with Gasteiger partial charge in [-0.3, -0.25) is 4.68 Å². The van der Waals surface area contributed by atoms with E-state index in [1.165, 1.54) is 6.26 Å². The van der Waals surface area contributed by atoms with E-state index in [1.807, 2.05) is 7.05 Å². The molecule has 0 saturated carbocycles. The molecule has 0 aromatic carbocycles. The van der Waals surface area contributed by atoms with Crippen LogP contribution < -0.4 is 0 Å². The molecule has 1 N–H and O–H groups in total. The first-order valence-electron chi connectivity index (χ1n) is 4.35. The molecule has 0 bridgehead atoms. The summed E-state index contributed by atoms with van der Waals surface area (Å²) in [5, 5.41) is 14.3. The van der Waals surface area contributed by atoms with Gasteiger partial charge in [0.2, 0.25) is 0 Å². The van der Waals surface area contributed by atoms with Crippen LogP contribution in [-0.4, -0.2) is 14.9 Å². The number of aliphatic hydroxyl groups is 1. The summed E-state index contributed by atoms with van der Waals surface area (Å²) in [6.45, 7) is 1.72. The minimum Gasteiger partial charge on any atom is -0.472 e. The summed E-state index contributed by atoms with van der Waals surface area (Å²) in [6.07, 6.45) is 6.51. The Hall–Kier alpha value is -1.55. The van der Waals surface area contributed by atoms with Crippen molar-refractivity contribution in [2.45, 2.75) is 12.5 Å². The van der Waals surface area contributed by atoms with Gasteiger partial charge in [0, 0.05) is 24.4 Å². The first kappa shape index (κ1) is 9.02. The third-order valence-electron chi connectivity index (χ3n) is 2.35. The van der Waals surface area contributed by atoms with Crippen LogP contribution in [-0.2, 0) is 12.6 Å². The lowest BCUT2D eigenvalue weighted by Crippen LogP contribution is -2.21. The van der Waals surface area contributed by atoms with Crippen LogP contribution in [0.4, 0.5) is 0 Å². The van der Waals surface area contributed by atoms with Crippen molar-refractivity contribution in [3.63, 3.8) is 0 Å². The molecule has 2 heterocycles. The van der Waals surface area contributed by atoms with Gasteiger partial charge in [0.1, 0.15) is 5.60 Å². The molecule has 1 atom stereocenters. The van der Waals surface area contributed by atoms with Crippen molar-refractivity contribution in [1.82, 2.24) is 9.78 Å². The number of furan rings is 1. The number of aryl methyl sites for hydroxylation is 1. The van der Waals surface area contributed by atoms with Gasteiger partial charge in [-0.15, -0.1) is 0 Å². The molecule has 2 aromatic heterocycles. The Kier molecular flexibility index (Phi) is 1.93. The van der Waals surface area contributed by atoms with Gasteiger partial charge in [-0.1, -0.05) is 0 Å². The average Bonchev–Trinajstić information content (AvgIpc) is 2.72. The van der Waals surface area contributed by atoms with Crippen molar-refractivity contribution >= 4 is 0 Å². The molecular weight excluding hydrogens is 180 g/mol. The second-order valence-electron chi connectivity index (χ2n) is 3.49. The standard InChI is InChI=1S/C10H12N2O2/c1-10(13,8-3-4-14-7-8)9-5-11-12(2)6-9/h3-7,13H,1-2H3. The predicted octanol–water partition coefficient (Wildman–Crippen LogP) is 1.27. The van der Waals surface area contributed by atoms with Crippen LogP contribution >= 0.6 is 0 Å². The molecule has 0 saturated heterocycles. The van der Waals surface area contributed by atoms with Crippen molar-refractivity contribution in [2.75, 3.05) is 0 Å². The summed E-state index contributed by atoms with van der Waals surface area (Å²) in [5.41, 5.74) is 0.438. The van der Waals surface area contributed by atoms with Crippen LogP contribution in [0.1, 0.15) is 18.1 Å². The lowest BCUT2D eigenvalue weighted by molar-refractivity contribution is 0.101. The Morgan fingerprint density at radius 1 is 1.50 bits per heavy atom. The van der Waals surface area contributed by atoms with Crippen molar-refractivity contribution in [3.05, 3.63) is 42.1 Å². The highest BCUT2D eigenvalue weighted by Gasteiger charge is 2.27. The zero-order valence-corrected chi connectivity index (χ0v) is 8.14. The van der Waals surface area contributed by atoms with E-state index in [9.17, 15) is 5.11 Å². The van der Waals surface area contributed by atoms with Crippen LogP contribution in [0.25, 0.3) is 0 Å². The van der Waals surface area contributed by atoms with Crippen molar-refractivity contribution in [3.8, 4) is 0 Å². The van der Waals surface area contributed by atoms with Gasteiger partial charge >= 0.3 is 0 Å². The van der Waals surface area contributed by atoms with E-state index >= 15 is 0 Å². The normalized spacial score (nSPS) is 15.4. The summed E-state index contributed by atoms with van der Waals surface area (Å²) in [6, 6.07) is 1.74. The SMILES string of the molecule is Cn1cc(C(C)(O)c2ccoc2)cn1. The summed E-state index contributed by atoms with van der Waals surface area (Å²) in [4.78, 5) is 0. The molecule has 4 heteroatoms. The maximum absolute atomic E-state index is 10.2. The van der Waals surface area contributed by atoms with Crippen molar-refractivity contribution < 1.29 is 9.52 Å². The van der Waals surface area contributed by atoms with E-state index in [1.54, 1.807) is 36.3 Å². The molecule has 1 unspecified atom stereocenters. The van der Waals surface area contributed by atoms with E-state index in [4.69, 9.17) is 4.42 Å². The first-order chi connectivity index (χ1) is 6.60. The zero-order valence-electron chi connectivity index (χ0n) is 8.14. The third-order valence-corrected chi connectivity index (χ3v) is 2.35. The topological polar surface area (TPSA) is 51.2 Å². The molecule has 14 heavy (non-hydrogen) atoms. The summed E-state index contributed by atoms with van der Waals surface area (Å²) in [7, 11) is 1.81.